The molecule has 4 N–H and O–H groups in total. The van der Waals surface area contributed by atoms with Crippen LogP contribution in [0.2, 0.25) is 0 Å². The van der Waals surface area contributed by atoms with E-state index in [0.717, 1.165) is 16.6 Å². The van der Waals surface area contributed by atoms with Gasteiger partial charge in [-0.05, 0) is 62.6 Å². The molecule has 46 heavy (non-hydrogen) atoms. The first-order valence-corrected chi connectivity index (χ1v) is 15.0. The zero-order valence-corrected chi connectivity index (χ0v) is 27.7. The molecule has 244 valence electrons. The maximum atomic E-state index is 13.9. The number of methoxy groups -OCH3 is 1. The highest BCUT2D eigenvalue weighted by atomic mass is 35.5. The summed E-state index contributed by atoms with van der Waals surface area (Å²) in [6.07, 6.45) is 4.38. The smallest absolute Gasteiger partial charge is 0.247 e. The highest BCUT2D eigenvalue weighted by Crippen LogP contribution is 2.35. The minimum absolute atomic E-state index is 0. The first kappa shape index (κ1) is 34.3. The second kappa shape index (κ2) is 14.3. The molecule has 2 aromatic carbocycles. The number of carbonyl (C=O) groups is 3. The van der Waals surface area contributed by atoms with E-state index in [0.29, 0.717) is 47.5 Å². The van der Waals surface area contributed by atoms with Crippen LogP contribution in [0.5, 0.6) is 5.75 Å². The minimum Gasteiger partial charge on any atom is -0.494 e. The van der Waals surface area contributed by atoms with E-state index in [9.17, 15) is 14.4 Å². The van der Waals surface area contributed by atoms with Crippen molar-refractivity contribution in [2.45, 2.75) is 58.7 Å². The van der Waals surface area contributed by atoms with E-state index >= 15 is 0 Å². The van der Waals surface area contributed by atoms with Crippen LogP contribution < -0.4 is 26.0 Å². The molecule has 1 saturated heterocycles. The molecule has 2 aromatic heterocycles. The molecule has 0 spiro atoms. The quantitative estimate of drug-likeness (QED) is 0.207. The average Bonchev–Trinajstić information content (AvgIpc) is 3.53. The molecule has 3 amide bonds. The summed E-state index contributed by atoms with van der Waals surface area (Å²) in [6, 6.07) is 11.2. The molecule has 3 unspecified atom stereocenters. The van der Waals surface area contributed by atoms with Crippen molar-refractivity contribution in [3.63, 3.8) is 0 Å². The van der Waals surface area contributed by atoms with Crippen molar-refractivity contribution < 1.29 is 19.1 Å². The third kappa shape index (κ3) is 7.13. The number of aromatic nitrogens is 3. The third-order valence-electron chi connectivity index (χ3n) is 8.18. The molecular weight excluding hydrogens is 608 g/mol. The maximum absolute atomic E-state index is 13.9. The van der Waals surface area contributed by atoms with Gasteiger partial charge in [-0.15, -0.1) is 12.4 Å². The Labute approximate surface area is 274 Å². The first-order valence-electron chi connectivity index (χ1n) is 15.0. The molecule has 0 radical (unpaired) electrons. The molecule has 5 rings (SSSR count). The van der Waals surface area contributed by atoms with Crippen molar-refractivity contribution in [2.24, 2.45) is 5.41 Å². The number of fused-ring (bicyclic) bond motifs is 2. The molecule has 3 heterocycles. The zero-order valence-electron chi connectivity index (χ0n) is 26.9. The molecular formula is C33H41ClN8O4. The summed E-state index contributed by atoms with van der Waals surface area (Å²) in [7, 11) is 3.21. The number of amides is 3. The van der Waals surface area contributed by atoms with Gasteiger partial charge in [0, 0.05) is 35.3 Å². The summed E-state index contributed by atoms with van der Waals surface area (Å²) in [5.41, 5.74) is 2.14. The number of halogens is 1. The number of pyridine rings is 1. The fourth-order valence-electron chi connectivity index (χ4n) is 5.52. The van der Waals surface area contributed by atoms with Gasteiger partial charge in [0.2, 0.25) is 17.7 Å². The molecule has 0 bridgehead atoms. The van der Waals surface area contributed by atoms with Gasteiger partial charge in [0.1, 0.15) is 30.0 Å². The van der Waals surface area contributed by atoms with Crippen molar-refractivity contribution >= 4 is 69.1 Å². The molecule has 1 aliphatic heterocycles. The van der Waals surface area contributed by atoms with Crippen LogP contribution in [0, 0.1) is 5.41 Å². The van der Waals surface area contributed by atoms with Gasteiger partial charge < -0.3 is 30.9 Å². The second-order valence-electron chi connectivity index (χ2n) is 12.3. The highest BCUT2D eigenvalue weighted by molar-refractivity contribution is 6.04. The van der Waals surface area contributed by atoms with Gasteiger partial charge in [0.05, 0.1) is 29.9 Å². The molecule has 12 nitrogen and oxygen atoms in total. The van der Waals surface area contributed by atoms with Crippen molar-refractivity contribution in [1.29, 1.82) is 0 Å². The molecule has 0 saturated carbocycles. The summed E-state index contributed by atoms with van der Waals surface area (Å²) < 4.78 is 5.63. The molecule has 1 fully saturated rings. The van der Waals surface area contributed by atoms with E-state index in [4.69, 9.17) is 4.74 Å². The SMILES string of the molecule is CNC(C)C(=O)NC(C(=O)N1CCCC1C(=O)Nc1cc2c(Nc3cccc4ncccc34)ncnc2cc1OC)C(C)(C)C.Cl. The number of hydrogen-bond acceptors (Lipinski definition) is 9. The summed E-state index contributed by atoms with van der Waals surface area (Å²) in [4.78, 5) is 55.3. The van der Waals surface area contributed by atoms with Gasteiger partial charge in [-0.3, -0.25) is 19.4 Å². The van der Waals surface area contributed by atoms with Crippen LogP contribution in [0.15, 0.2) is 55.0 Å². The summed E-state index contributed by atoms with van der Waals surface area (Å²) in [5, 5.41) is 13.8. The Morgan fingerprint density at radius 3 is 2.50 bits per heavy atom. The number of carbonyl (C=O) groups excluding carboxylic acids is 3. The largest absolute Gasteiger partial charge is 0.494 e. The lowest BCUT2D eigenvalue weighted by Gasteiger charge is -2.36. The Hall–Kier alpha value is -4.55. The molecule has 3 atom stereocenters. The minimum atomic E-state index is -0.806. The number of likely N-dealkylation sites (tertiary alicyclic amines) is 1. The number of benzene rings is 2. The second-order valence-corrected chi connectivity index (χ2v) is 12.3. The predicted molar refractivity (Wildman–Crippen MR) is 182 cm³/mol. The van der Waals surface area contributed by atoms with Crippen LogP contribution in [-0.2, 0) is 14.4 Å². The van der Waals surface area contributed by atoms with Gasteiger partial charge in [-0.2, -0.15) is 0 Å². The summed E-state index contributed by atoms with van der Waals surface area (Å²) in [5.74, 6) is 0.0657. The lowest BCUT2D eigenvalue weighted by atomic mass is 9.85. The van der Waals surface area contributed by atoms with Gasteiger partial charge in [0.25, 0.3) is 0 Å². The number of rotatable bonds is 9. The van der Waals surface area contributed by atoms with E-state index in [1.54, 1.807) is 37.2 Å². The van der Waals surface area contributed by atoms with Crippen LogP contribution >= 0.6 is 12.4 Å². The van der Waals surface area contributed by atoms with Crippen molar-refractivity contribution in [2.75, 3.05) is 31.3 Å². The van der Waals surface area contributed by atoms with Gasteiger partial charge in [0.15, 0.2) is 0 Å². The number of anilines is 3. The van der Waals surface area contributed by atoms with Gasteiger partial charge >= 0.3 is 0 Å². The van der Waals surface area contributed by atoms with Crippen LogP contribution in [0.1, 0.15) is 40.5 Å². The van der Waals surface area contributed by atoms with Crippen molar-refractivity contribution in [1.82, 2.24) is 30.5 Å². The highest BCUT2D eigenvalue weighted by Gasteiger charge is 2.42. The summed E-state index contributed by atoms with van der Waals surface area (Å²) >= 11 is 0. The van der Waals surface area contributed by atoms with E-state index < -0.39 is 23.5 Å². The number of ether oxygens (including phenoxy) is 1. The lowest BCUT2D eigenvalue weighted by Crippen LogP contribution is -2.59. The molecule has 0 aliphatic carbocycles. The van der Waals surface area contributed by atoms with E-state index in [1.165, 1.54) is 13.4 Å². The molecule has 4 aromatic rings. The Morgan fingerprint density at radius 2 is 1.78 bits per heavy atom. The fraction of sp³-hybridized carbons (Fsp3) is 0.394. The van der Waals surface area contributed by atoms with Crippen molar-refractivity contribution in [3.05, 3.63) is 55.0 Å². The standard InChI is InChI=1S/C33H40N8O4.ClH/c1-19(34-5)30(42)40-28(33(2,3)4)32(44)41-15-9-13-26(41)31(43)39-25-16-21-24(17-27(25)45-6)36-18-37-29(21)38-23-12-7-11-22-20(23)10-8-14-35-22;/h7-8,10-12,14,16-19,26,28,34H,9,13,15H2,1-6H3,(H,39,43)(H,40,42)(H,36,37,38);1H. The predicted octanol–water partition coefficient (Wildman–Crippen LogP) is 4.42. The van der Waals surface area contributed by atoms with Gasteiger partial charge in [-0.25, -0.2) is 9.97 Å². The summed E-state index contributed by atoms with van der Waals surface area (Å²) in [6.45, 7) is 7.83. The van der Waals surface area contributed by atoms with Crippen LogP contribution in [0.3, 0.4) is 0 Å². The van der Waals surface area contributed by atoms with Crippen molar-refractivity contribution in [3.8, 4) is 5.75 Å². The van der Waals surface area contributed by atoms with Crippen LogP contribution in [-0.4, -0.2) is 76.4 Å². The molecule has 1 aliphatic rings. The Bertz CT molecular complexity index is 1740. The Balaban J connectivity index is 0.00000480. The number of nitrogens with one attached hydrogen (secondary N) is 4. The van der Waals surface area contributed by atoms with E-state index in [-0.39, 0.29) is 30.1 Å². The Morgan fingerprint density at radius 1 is 1.00 bits per heavy atom. The maximum Gasteiger partial charge on any atom is 0.247 e. The Kier molecular flexibility index (Phi) is 10.6. The van der Waals surface area contributed by atoms with E-state index in [2.05, 4.69) is 36.2 Å². The fourth-order valence-corrected chi connectivity index (χ4v) is 5.52. The number of likely N-dealkylation sites (N-methyl/N-ethyl adjacent to an activating group) is 1. The van der Waals surface area contributed by atoms with E-state index in [1.807, 2.05) is 51.1 Å². The normalized spacial score (nSPS) is 16.0. The van der Waals surface area contributed by atoms with Crippen LogP contribution in [0.4, 0.5) is 17.2 Å². The topological polar surface area (TPSA) is 150 Å². The molecule has 13 heteroatoms. The third-order valence-corrected chi connectivity index (χ3v) is 8.18. The average molecular weight is 649 g/mol. The number of hydrogen-bond donors (Lipinski definition) is 4. The van der Waals surface area contributed by atoms with Crippen LogP contribution in [0.25, 0.3) is 21.8 Å². The lowest BCUT2D eigenvalue weighted by molar-refractivity contribution is -0.143. The monoisotopic (exact) mass is 648 g/mol. The zero-order chi connectivity index (χ0) is 32.3. The first-order chi connectivity index (χ1) is 21.5. The van der Waals surface area contributed by atoms with Gasteiger partial charge in [-0.1, -0.05) is 26.8 Å². The number of nitrogens with zero attached hydrogens (tertiary/aromatic N) is 4.